The average molecular weight is 217 g/mol. The maximum atomic E-state index is 12.0. The summed E-state index contributed by atoms with van der Waals surface area (Å²) in [6.07, 6.45) is 8.78. The van der Waals surface area contributed by atoms with Crippen molar-refractivity contribution in [1.82, 2.24) is 9.13 Å². The van der Waals surface area contributed by atoms with E-state index in [1.807, 2.05) is 17.0 Å². The average Bonchev–Trinajstić information content (AvgIpc) is 3.14. The van der Waals surface area contributed by atoms with E-state index < -0.39 is 0 Å². The molecule has 4 nitrogen and oxygen atoms in total. The normalized spacial score (nSPS) is 21.7. The van der Waals surface area contributed by atoms with Gasteiger partial charge in [-0.3, -0.25) is 9.13 Å². The fourth-order valence-electron chi connectivity index (χ4n) is 2.28. The van der Waals surface area contributed by atoms with Gasteiger partial charge >= 0.3 is 5.69 Å². The number of nitrogens with zero attached hydrogens (tertiary/aromatic N) is 3. The number of hydrogen-bond acceptors (Lipinski definition) is 2. The molecule has 2 saturated carbocycles. The minimum atomic E-state index is 0.103. The van der Waals surface area contributed by atoms with Crippen LogP contribution in [-0.2, 0) is 6.54 Å². The Morgan fingerprint density at radius 2 is 2.19 bits per heavy atom. The van der Waals surface area contributed by atoms with Crippen LogP contribution in [0, 0.1) is 16.7 Å². The number of hydrogen-bond donors (Lipinski definition) is 0. The Balaban J connectivity index is 1.80. The highest BCUT2D eigenvalue weighted by Gasteiger charge is 2.43. The molecule has 0 bridgehead atoms. The first kappa shape index (κ1) is 9.71. The first-order valence-electron chi connectivity index (χ1n) is 5.88. The summed E-state index contributed by atoms with van der Waals surface area (Å²) in [5.41, 5.74) is 0.209. The fourth-order valence-corrected chi connectivity index (χ4v) is 2.28. The third-order valence-corrected chi connectivity index (χ3v) is 3.73. The highest BCUT2D eigenvalue weighted by molar-refractivity contribution is 5.01. The van der Waals surface area contributed by atoms with Crippen molar-refractivity contribution in [3.8, 4) is 6.07 Å². The molecule has 0 aromatic carbocycles. The predicted octanol–water partition coefficient (Wildman–Crippen LogP) is 1.68. The van der Waals surface area contributed by atoms with Crippen LogP contribution in [-0.4, -0.2) is 9.13 Å². The molecule has 2 aliphatic carbocycles. The van der Waals surface area contributed by atoms with Gasteiger partial charge in [0.1, 0.15) is 0 Å². The SMILES string of the molecule is N#CCC1(Cn2ccn(C3CC3)c2=O)CC1. The summed E-state index contributed by atoms with van der Waals surface area (Å²) in [5, 5.41) is 8.75. The Morgan fingerprint density at radius 3 is 2.75 bits per heavy atom. The minimum absolute atomic E-state index is 0.103. The largest absolute Gasteiger partial charge is 0.328 e. The molecular formula is C12H15N3O. The van der Waals surface area contributed by atoms with Crippen LogP contribution < -0.4 is 5.69 Å². The second kappa shape index (κ2) is 3.24. The van der Waals surface area contributed by atoms with E-state index in [4.69, 9.17) is 5.26 Å². The first-order valence-corrected chi connectivity index (χ1v) is 5.88. The molecule has 0 aliphatic heterocycles. The summed E-state index contributed by atoms with van der Waals surface area (Å²) in [7, 11) is 0. The quantitative estimate of drug-likeness (QED) is 0.770. The lowest BCUT2D eigenvalue weighted by Gasteiger charge is -2.10. The smallest absolute Gasteiger partial charge is 0.299 e. The van der Waals surface area contributed by atoms with E-state index in [1.165, 1.54) is 0 Å². The second-order valence-corrected chi connectivity index (χ2v) is 5.18. The van der Waals surface area contributed by atoms with E-state index in [0.29, 0.717) is 12.5 Å². The van der Waals surface area contributed by atoms with Gasteiger partial charge in [0.2, 0.25) is 0 Å². The van der Waals surface area contributed by atoms with Gasteiger partial charge in [-0.2, -0.15) is 5.26 Å². The van der Waals surface area contributed by atoms with Gasteiger partial charge in [0, 0.05) is 36.8 Å². The molecule has 4 heteroatoms. The lowest BCUT2D eigenvalue weighted by molar-refractivity contribution is 0.419. The molecule has 0 spiro atoms. The van der Waals surface area contributed by atoms with Gasteiger partial charge in [0.15, 0.2) is 0 Å². The van der Waals surface area contributed by atoms with E-state index in [1.54, 1.807) is 4.57 Å². The van der Waals surface area contributed by atoms with Crippen LogP contribution in [0.3, 0.4) is 0 Å². The number of aromatic nitrogens is 2. The van der Waals surface area contributed by atoms with E-state index in [0.717, 1.165) is 32.2 Å². The molecule has 0 N–H and O–H groups in total. The summed E-state index contributed by atoms with van der Waals surface area (Å²) >= 11 is 0. The van der Waals surface area contributed by atoms with Gasteiger partial charge in [-0.1, -0.05) is 0 Å². The molecule has 1 aromatic heterocycles. The molecule has 1 heterocycles. The molecule has 84 valence electrons. The molecule has 0 radical (unpaired) electrons. The van der Waals surface area contributed by atoms with Crippen LogP contribution in [0.1, 0.15) is 38.1 Å². The molecule has 0 amide bonds. The van der Waals surface area contributed by atoms with Crippen molar-refractivity contribution >= 4 is 0 Å². The zero-order chi connectivity index (χ0) is 11.2. The molecule has 0 unspecified atom stereocenters. The van der Waals surface area contributed by atoms with E-state index >= 15 is 0 Å². The zero-order valence-corrected chi connectivity index (χ0v) is 9.22. The number of imidazole rings is 1. The Kier molecular flexibility index (Phi) is 1.97. The third-order valence-electron chi connectivity index (χ3n) is 3.73. The van der Waals surface area contributed by atoms with Crippen LogP contribution in [0.25, 0.3) is 0 Å². The van der Waals surface area contributed by atoms with E-state index in [9.17, 15) is 4.79 Å². The Hall–Kier alpha value is -1.50. The molecule has 3 rings (SSSR count). The van der Waals surface area contributed by atoms with Gasteiger partial charge in [0.25, 0.3) is 0 Å². The molecule has 0 saturated heterocycles. The highest BCUT2D eigenvalue weighted by Crippen LogP contribution is 2.49. The molecule has 0 atom stereocenters. The highest BCUT2D eigenvalue weighted by atomic mass is 16.1. The minimum Gasteiger partial charge on any atom is -0.299 e. The van der Waals surface area contributed by atoms with Crippen LogP contribution in [0.5, 0.6) is 0 Å². The maximum absolute atomic E-state index is 12.0. The Morgan fingerprint density at radius 1 is 1.44 bits per heavy atom. The predicted molar refractivity (Wildman–Crippen MR) is 58.9 cm³/mol. The van der Waals surface area contributed by atoms with Crippen molar-refractivity contribution in [1.29, 1.82) is 5.26 Å². The van der Waals surface area contributed by atoms with Gasteiger partial charge in [-0.05, 0) is 25.7 Å². The molecule has 16 heavy (non-hydrogen) atoms. The zero-order valence-electron chi connectivity index (χ0n) is 9.22. The van der Waals surface area contributed by atoms with Gasteiger partial charge in [-0.25, -0.2) is 4.79 Å². The van der Waals surface area contributed by atoms with E-state index in [-0.39, 0.29) is 11.1 Å². The Bertz CT molecular complexity index is 497. The molecular weight excluding hydrogens is 202 g/mol. The van der Waals surface area contributed by atoms with Crippen molar-refractivity contribution < 1.29 is 0 Å². The van der Waals surface area contributed by atoms with Crippen molar-refractivity contribution in [3.05, 3.63) is 22.9 Å². The van der Waals surface area contributed by atoms with Gasteiger partial charge in [-0.15, -0.1) is 0 Å². The summed E-state index contributed by atoms with van der Waals surface area (Å²) in [6.45, 7) is 0.721. The van der Waals surface area contributed by atoms with Crippen molar-refractivity contribution in [2.24, 2.45) is 5.41 Å². The summed E-state index contributed by atoms with van der Waals surface area (Å²) < 4.78 is 3.62. The number of rotatable bonds is 4. The van der Waals surface area contributed by atoms with Crippen molar-refractivity contribution in [2.45, 2.75) is 44.7 Å². The van der Waals surface area contributed by atoms with Crippen LogP contribution in [0.2, 0.25) is 0 Å². The summed E-state index contributed by atoms with van der Waals surface area (Å²) in [4.78, 5) is 12.0. The topological polar surface area (TPSA) is 50.7 Å². The summed E-state index contributed by atoms with van der Waals surface area (Å²) in [6, 6.07) is 2.67. The van der Waals surface area contributed by atoms with Crippen molar-refractivity contribution in [3.63, 3.8) is 0 Å². The monoisotopic (exact) mass is 217 g/mol. The van der Waals surface area contributed by atoms with E-state index in [2.05, 4.69) is 6.07 Å². The lowest BCUT2D eigenvalue weighted by atomic mass is 10.0. The first-order chi connectivity index (χ1) is 7.74. The third kappa shape index (κ3) is 1.57. The maximum Gasteiger partial charge on any atom is 0.328 e. The standard InChI is InChI=1S/C12H15N3O/c13-6-5-12(3-4-12)9-14-7-8-15(11(14)16)10-1-2-10/h7-8,10H,1-5,9H2. The van der Waals surface area contributed by atoms with Gasteiger partial charge in [0.05, 0.1) is 6.07 Å². The van der Waals surface area contributed by atoms with Crippen LogP contribution >= 0.6 is 0 Å². The van der Waals surface area contributed by atoms with Crippen LogP contribution in [0.15, 0.2) is 17.2 Å². The second-order valence-electron chi connectivity index (χ2n) is 5.18. The molecule has 1 aromatic rings. The van der Waals surface area contributed by atoms with Crippen molar-refractivity contribution in [2.75, 3.05) is 0 Å². The summed E-state index contributed by atoms with van der Waals surface area (Å²) in [5.74, 6) is 0. The molecule has 2 aliphatic rings. The fraction of sp³-hybridized carbons (Fsp3) is 0.667. The molecule has 2 fully saturated rings. The van der Waals surface area contributed by atoms with Crippen LogP contribution in [0.4, 0.5) is 0 Å². The van der Waals surface area contributed by atoms with Gasteiger partial charge < -0.3 is 0 Å². The lowest BCUT2D eigenvalue weighted by Crippen LogP contribution is -2.26. The number of nitriles is 1. The Labute approximate surface area is 94.1 Å².